The minimum Gasteiger partial charge on any atom is -0.497 e. The number of carbonyl (C=O) groups excluding carboxylic acids is 1. The van der Waals surface area contributed by atoms with Gasteiger partial charge in [0.05, 0.1) is 19.6 Å². The van der Waals surface area contributed by atoms with E-state index in [9.17, 15) is 10.1 Å². The summed E-state index contributed by atoms with van der Waals surface area (Å²) in [5, 5.41) is 14.7. The zero-order valence-corrected chi connectivity index (χ0v) is 21.6. The molecule has 8 heteroatoms. The van der Waals surface area contributed by atoms with Gasteiger partial charge in [-0.05, 0) is 54.3 Å². The Kier molecular flexibility index (Phi) is 7.23. The maximum Gasteiger partial charge on any atom is 0.262 e. The minimum atomic E-state index is -0.463. The first kappa shape index (κ1) is 25.5. The summed E-state index contributed by atoms with van der Waals surface area (Å²) < 4.78 is 22.8. The number of rotatable bonds is 8. The quantitative estimate of drug-likeness (QED) is 0.315. The van der Waals surface area contributed by atoms with Crippen molar-refractivity contribution in [2.45, 2.75) is 12.8 Å². The number of nitrogens with two attached hydrogens (primary N) is 1. The summed E-state index contributed by atoms with van der Waals surface area (Å²) in [6, 6.07) is 26.5. The van der Waals surface area contributed by atoms with Crippen molar-refractivity contribution in [1.82, 2.24) is 0 Å². The molecule has 0 fully saturated rings. The highest BCUT2D eigenvalue weighted by molar-refractivity contribution is 5.92. The van der Waals surface area contributed by atoms with E-state index in [4.69, 9.17) is 24.7 Å². The predicted molar refractivity (Wildman–Crippen MR) is 148 cm³/mol. The molecule has 196 valence electrons. The van der Waals surface area contributed by atoms with Crippen molar-refractivity contribution in [2.75, 3.05) is 25.6 Å². The second-order valence-corrected chi connectivity index (χ2v) is 8.83. The maximum absolute atomic E-state index is 12.5. The van der Waals surface area contributed by atoms with E-state index in [1.54, 1.807) is 37.4 Å². The Morgan fingerprint density at radius 3 is 2.56 bits per heavy atom. The number of benzene rings is 4. The lowest BCUT2D eigenvalue weighted by Crippen LogP contribution is -2.21. The molecule has 1 amide bonds. The number of methoxy groups -OCH3 is 1. The molecule has 0 saturated carbocycles. The van der Waals surface area contributed by atoms with Gasteiger partial charge in [-0.2, -0.15) is 5.26 Å². The Morgan fingerprint density at radius 1 is 1.03 bits per heavy atom. The van der Waals surface area contributed by atoms with Gasteiger partial charge in [0, 0.05) is 16.6 Å². The summed E-state index contributed by atoms with van der Waals surface area (Å²) in [4.78, 5) is 12.5. The lowest BCUT2D eigenvalue weighted by Gasteiger charge is -2.28. The molecular formula is C31H27N3O5. The lowest BCUT2D eigenvalue weighted by atomic mass is 9.82. The molecule has 0 radical (unpaired) electrons. The summed E-state index contributed by atoms with van der Waals surface area (Å²) in [5.41, 5.74) is 8.79. The van der Waals surface area contributed by atoms with Crippen LogP contribution in [0.1, 0.15) is 24.0 Å². The van der Waals surface area contributed by atoms with Crippen molar-refractivity contribution in [3.05, 3.63) is 101 Å². The molecule has 0 bridgehead atoms. The van der Waals surface area contributed by atoms with Crippen molar-refractivity contribution in [3.8, 4) is 29.1 Å². The Bertz CT molecular complexity index is 1610. The minimum absolute atomic E-state index is 0.0693. The Morgan fingerprint density at radius 2 is 1.82 bits per heavy atom. The highest BCUT2D eigenvalue weighted by Crippen LogP contribution is 2.46. The van der Waals surface area contributed by atoms with E-state index in [1.807, 2.05) is 55.5 Å². The maximum atomic E-state index is 12.5. The van der Waals surface area contributed by atoms with Crippen LogP contribution in [0.2, 0.25) is 0 Å². The molecule has 1 atom stereocenters. The predicted octanol–water partition coefficient (Wildman–Crippen LogP) is 5.48. The molecule has 5 rings (SSSR count). The average molecular weight is 522 g/mol. The molecule has 3 N–H and O–H groups in total. The number of nitriles is 1. The van der Waals surface area contributed by atoms with Crippen molar-refractivity contribution in [3.63, 3.8) is 0 Å². The van der Waals surface area contributed by atoms with Gasteiger partial charge in [0.1, 0.15) is 23.1 Å². The van der Waals surface area contributed by atoms with Crippen LogP contribution in [0.3, 0.4) is 0 Å². The highest BCUT2D eigenvalue weighted by atomic mass is 16.5. The molecular weight excluding hydrogens is 494 g/mol. The molecule has 8 nitrogen and oxygen atoms in total. The Labute approximate surface area is 226 Å². The number of hydrogen-bond donors (Lipinski definition) is 2. The van der Waals surface area contributed by atoms with Crippen molar-refractivity contribution in [1.29, 1.82) is 5.26 Å². The summed E-state index contributed by atoms with van der Waals surface area (Å²) in [6.45, 7) is 2.03. The fourth-order valence-electron chi connectivity index (χ4n) is 4.64. The van der Waals surface area contributed by atoms with Crippen LogP contribution in [0.25, 0.3) is 10.8 Å². The van der Waals surface area contributed by atoms with E-state index >= 15 is 0 Å². The normalized spacial score (nSPS) is 14.1. The molecule has 1 aliphatic heterocycles. The number of ether oxygens (including phenoxy) is 4. The molecule has 39 heavy (non-hydrogen) atoms. The highest BCUT2D eigenvalue weighted by Gasteiger charge is 2.32. The van der Waals surface area contributed by atoms with E-state index in [0.29, 0.717) is 40.9 Å². The van der Waals surface area contributed by atoms with Crippen LogP contribution in [0.5, 0.6) is 23.0 Å². The van der Waals surface area contributed by atoms with E-state index in [-0.39, 0.29) is 18.4 Å². The SMILES string of the molecule is CCOc1cc([C@@H]2C(C#N)=C(N)Oc3c2ccc2ccccc32)ccc1OCC(=O)Nc1ccc(OC)cc1. The first-order valence-corrected chi connectivity index (χ1v) is 12.4. The standard InChI is InChI=1S/C31H27N3O5/c1-3-37-27-16-20(9-15-26(27)38-18-28(35)34-21-10-12-22(36-2)13-11-21)29-24-14-8-19-6-4-5-7-23(19)30(24)39-31(33)25(29)17-32/h4-16,29H,3,18,33H2,1-2H3,(H,34,35)/t29-/m0/s1. The van der Waals surface area contributed by atoms with Gasteiger partial charge in [-0.15, -0.1) is 0 Å². The second kappa shape index (κ2) is 11.1. The summed E-state index contributed by atoms with van der Waals surface area (Å²) in [5.74, 6) is 1.48. The van der Waals surface area contributed by atoms with E-state index in [1.165, 1.54) is 0 Å². The molecule has 4 aromatic rings. The van der Waals surface area contributed by atoms with Gasteiger partial charge in [0.2, 0.25) is 5.88 Å². The van der Waals surface area contributed by atoms with E-state index < -0.39 is 5.92 Å². The molecule has 4 aromatic carbocycles. The molecule has 0 aromatic heterocycles. The summed E-state index contributed by atoms with van der Waals surface area (Å²) >= 11 is 0. The fourth-order valence-corrected chi connectivity index (χ4v) is 4.64. The van der Waals surface area contributed by atoms with Crippen LogP contribution in [-0.2, 0) is 4.79 Å². The van der Waals surface area contributed by atoms with Gasteiger partial charge in [-0.25, -0.2) is 0 Å². The second-order valence-electron chi connectivity index (χ2n) is 8.83. The van der Waals surface area contributed by atoms with Crippen molar-refractivity contribution < 1.29 is 23.7 Å². The third kappa shape index (κ3) is 5.15. The lowest BCUT2D eigenvalue weighted by molar-refractivity contribution is -0.118. The first-order chi connectivity index (χ1) is 19.0. The Hall–Kier alpha value is -5.16. The van der Waals surface area contributed by atoms with Crippen LogP contribution in [0, 0.1) is 11.3 Å². The van der Waals surface area contributed by atoms with Crippen LogP contribution in [0.4, 0.5) is 5.69 Å². The van der Waals surface area contributed by atoms with Gasteiger partial charge >= 0.3 is 0 Å². The average Bonchev–Trinajstić information content (AvgIpc) is 2.96. The van der Waals surface area contributed by atoms with Gasteiger partial charge in [0.25, 0.3) is 5.91 Å². The topological polar surface area (TPSA) is 116 Å². The molecule has 0 aliphatic carbocycles. The summed E-state index contributed by atoms with van der Waals surface area (Å²) in [6.07, 6.45) is 0. The monoisotopic (exact) mass is 521 g/mol. The smallest absolute Gasteiger partial charge is 0.262 e. The van der Waals surface area contributed by atoms with Crippen LogP contribution in [0.15, 0.2) is 90.3 Å². The van der Waals surface area contributed by atoms with Gasteiger partial charge in [-0.1, -0.05) is 42.5 Å². The van der Waals surface area contributed by atoms with Gasteiger partial charge in [-0.3, -0.25) is 4.79 Å². The zero-order chi connectivity index (χ0) is 27.4. The number of carbonyl (C=O) groups is 1. The number of nitrogens with one attached hydrogen (secondary N) is 1. The van der Waals surface area contributed by atoms with Crippen molar-refractivity contribution >= 4 is 22.4 Å². The van der Waals surface area contributed by atoms with Crippen LogP contribution >= 0.6 is 0 Å². The Balaban J connectivity index is 1.43. The molecule has 0 spiro atoms. The number of hydrogen-bond acceptors (Lipinski definition) is 7. The number of allylic oxidation sites excluding steroid dienone is 1. The number of anilines is 1. The summed E-state index contributed by atoms with van der Waals surface area (Å²) in [7, 11) is 1.58. The van der Waals surface area contributed by atoms with Gasteiger partial charge in [0.15, 0.2) is 18.1 Å². The fraction of sp³-hybridized carbons (Fsp3) is 0.161. The first-order valence-electron chi connectivity index (χ1n) is 12.4. The largest absolute Gasteiger partial charge is 0.497 e. The molecule has 0 saturated heterocycles. The molecule has 0 unspecified atom stereocenters. The van der Waals surface area contributed by atoms with Crippen molar-refractivity contribution in [2.24, 2.45) is 5.73 Å². The number of nitrogens with zero attached hydrogens (tertiary/aromatic N) is 1. The van der Waals surface area contributed by atoms with Crippen LogP contribution < -0.4 is 30.0 Å². The third-order valence-corrected chi connectivity index (χ3v) is 6.44. The van der Waals surface area contributed by atoms with Crippen LogP contribution in [-0.4, -0.2) is 26.2 Å². The molecule has 1 heterocycles. The van der Waals surface area contributed by atoms with Gasteiger partial charge < -0.3 is 30.0 Å². The third-order valence-electron chi connectivity index (χ3n) is 6.44. The number of amides is 1. The van der Waals surface area contributed by atoms with E-state index in [2.05, 4.69) is 11.4 Å². The van der Waals surface area contributed by atoms with E-state index in [0.717, 1.165) is 21.9 Å². The number of fused-ring (bicyclic) bond motifs is 3. The zero-order valence-electron chi connectivity index (χ0n) is 21.6. The molecule has 1 aliphatic rings.